The minimum atomic E-state index is -0.764. The van der Waals surface area contributed by atoms with Gasteiger partial charge in [-0.1, -0.05) is 30.3 Å². The van der Waals surface area contributed by atoms with Crippen LogP contribution in [0.5, 0.6) is 5.75 Å². The van der Waals surface area contributed by atoms with Crippen LogP contribution in [0.2, 0.25) is 0 Å². The van der Waals surface area contributed by atoms with Gasteiger partial charge < -0.3 is 4.74 Å². The van der Waals surface area contributed by atoms with Gasteiger partial charge in [0.15, 0.2) is 11.1 Å². The number of hydrogen-bond acceptors (Lipinski definition) is 5. The molecule has 28 heavy (non-hydrogen) atoms. The van der Waals surface area contributed by atoms with E-state index in [0.717, 1.165) is 15.7 Å². The Hall–Kier alpha value is -3.39. The van der Waals surface area contributed by atoms with Crippen LogP contribution < -0.4 is 15.6 Å². The lowest BCUT2D eigenvalue weighted by atomic mass is 10.1. The van der Waals surface area contributed by atoms with E-state index in [1.54, 1.807) is 13.1 Å². The van der Waals surface area contributed by atoms with Gasteiger partial charge in [-0.05, 0) is 29.8 Å². The highest BCUT2D eigenvalue weighted by molar-refractivity contribution is 7.15. The Morgan fingerprint density at radius 1 is 1.18 bits per heavy atom. The van der Waals surface area contributed by atoms with Crippen LogP contribution in [0.3, 0.4) is 0 Å². The van der Waals surface area contributed by atoms with E-state index in [1.165, 1.54) is 11.3 Å². The summed E-state index contributed by atoms with van der Waals surface area (Å²) in [4.78, 5) is 29.4. The second kappa shape index (κ2) is 7.69. The molecule has 1 unspecified atom stereocenters. The molecule has 0 fully saturated rings. The lowest BCUT2D eigenvalue weighted by Gasteiger charge is -2.15. The first-order valence-corrected chi connectivity index (χ1v) is 9.62. The molecular weight excluding hydrogens is 376 g/mol. The van der Waals surface area contributed by atoms with Crippen LogP contribution in [0.4, 0.5) is 0 Å². The van der Waals surface area contributed by atoms with Crippen molar-refractivity contribution in [2.24, 2.45) is 0 Å². The number of carbonyl (C=O) groups excluding carboxylic acids is 2. The quantitative estimate of drug-likeness (QED) is 0.510. The summed E-state index contributed by atoms with van der Waals surface area (Å²) in [6, 6.07) is 13.5. The number of amides is 2. The van der Waals surface area contributed by atoms with Gasteiger partial charge in [-0.15, -0.1) is 11.3 Å². The number of thiazole rings is 1. The Labute approximate surface area is 164 Å². The molecule has 4 rings (SSSR count). The number of aromatic nitrogens is 2. The van der Waals surface area contributed by atoms with E-state index in [9.17, 15) is 9.59 Å². The monoisotopic (exact) mass is 394 g/mol. The second-order valence-corrected chi connectivity index (χ2v) is 7.18. The number of nitrogens with one attached hydrogen (secondary N) is 2. The minimum Gasteiger partial charge on any atom is -0.481 e. The third-order valence-electron chi connectivity index (χ3n) is 4.21. The molecule has 0 spiro atoms. The van der Waals surface area contributed by atoms with Crippen molar-refractivity contribution in [3.05, 3.63) is 65.9 Å². The van der Waals surface area contributed by atoms with E-state index in [1.807, 2.05) is 58.4 Å². The maximum Gasteiger partial charge on any atom is 0.279 e. The number of benzene rings is 2. The van der Waals surface area contributed by atoms with Crippen LogP contribution in [0.1, 0.15) is 12.6 Å². The summed E-state index contributed by atoms with van der Waals surface area (Å²) in [5.74, 6) is -0.199. The number of ether oxygens (including phenoxy) is 1. The molecule has 2 N–H and O–H groups in total. The molecule has 0 aliphatic heterocycles. The van der Waals surface area contributed by atoms with Gasteiger partial charge >= 0.3 is 0 Å². The number of rotatable bonds is 5. The molecule has 142 valence electrons. The third-order valence-corrected chi connectivity index (χ3v) is 4.98. The molecule has 2 aromatic carbocycles. The van der Waals surface area contributed by atoms with E-state index in [2.05, 4.69) is 15.8 Å². The van der Waals surface area contributed by atoms with Crippen molar-refractivity contribution in [2.45, 2.75) is 19.4 Å². The molecule has 0 bridgehead atoms. The Kier molecular flexibility index (Phi) is 4.94. The van der Waals surface area contributed by atoms with Crippen molar-refractivity contribution in [2.75, 3.05) is 0 Å². The molecule has 2 heterocycles. The van der Waals surface area contributed by atoms with Gasteiger partial charge in [0, 0.05) is 17.8 Å². The third kappa shape index (κ3) is 3.96. The fourth-order valence-electron chi connectivity index (χ4n) is 2.80. The fourth-order valence-corrected chi connectivity index (χ4v) is 3.52. The van der Waals surface area contributed by atoms with Crippen LogP contribution in [-0.4, -0.2) is 27.3 Å². The summed E-state index contributed by atoms with van der Waals surface area (Å²) in [6.07, 6.45) is 2.98. The molecule has 0 aliphatic rings. The average Bonchev–Trinajstić information content (AvgIpc) is 3.27. The Morgan fingerprint density at radius 3 is 2.82 bits per heavy atom. The molecule has 0 saturated heterocycles. The lowest BCUT2D eigenvalue weighted by Crippen LogP contribution is -2.47. The number of hydrogen-bond donors (Lipinski definition) is 2. The van der Waals surface area contributed by atoms with Crippen molar-refractivity contribution in [1.82, 2.24) is 20.2 Å². The van der Waals surface area contributed by atoms with Crippen LogP contribution in [0.15, 0.2) is 60.2 Å². The van der Waals surface area contributed by atoms with E-state index in [4.69, 9.17) is 4.74 Å². The Balaban J connectivity index is 1.29. The van der Waals surface area contributed by atoms with Crippen LogP contribution in [-0.2, 0) is 16.0 Å². The standard InChI is InChI=1S/C20H18N4O3S/c1-13(27-17-7-6-14-4-2-3-5-15(14)10-17)19(26)23-22-18(25)11-16-12-24-8-9-28-20(24)21-16/h2-10,12-13H,11H2,1H3,(H,22,25)(H,23,26). The second-order valence-electron chi connectivity index (χ2n) is 6.31. The predicted octanol–water partition coefficient (Wildman–Crippen LogP) is 2.71. The molecule has 2 amide bonds. The summed E-state index contributed by atoms with van der Waals surface area (Å²) in [6.45, 7) is 1.63. The van der Waals surface area contributed by atoms with E-state index in [0.29, 0.717) is 11.4 Å². The van der Waals surface area contributed by atoms with Crippen LogP contribution >= 0.6 is 11.3 Å². The number of hydrazine groups is 1. The molecule has 0 radical (unpaired) electrons. The van der Waals surface area contributed by atoms with Gasteiger partial charge in [-0.2, -0.15) is 0 Å². The fraction of sp³-hybridized carbons (Fsp3) is 0.150. The highest BCUT2D eigenvalue weighted by Gasteiger charge is 2.16. The van der Waals surface area contributed by atoms with E-state index in [-0.39, 0.29) is 12.3 Å². The first-order valence-electron chi connectivity index (χ1n) is 8.74. The largest absolute Gasteiger partial charge is 0.481 e. The molecule has 0 saturated carbocycles. The summed E-state index contributed by atoms with van der Waals surface area (Å²) >= 11 is 1.49. The predicted molar refractivity (Wildman–Crippen MR) is 107 cm³/mol. The lowest BCUT2D eigenvalue weighted by molar-refractivity contribution is -0.132. The highest BCUT2D eigenvalue weighted by Crippen LogP contribution is 2.21. The Bertz CT molecular complexity index is 1120. The zero-order valence-corrected chi connectivity index (χ0v) is 15.9. The van der Waals surface area contributed by atoms with Crippen LogP contribution in [0, 0.1) is 0 Å². The van der Waals surface area contributed by atoms with Gasteiger partial charge in [-0.25, -0.2) is 4.98 Å². The zero-order chi connectivity index (χ0) is 19.5. The van der Waals surface area contributed by atoms with Gasteiger partial charge in [0.25, 0.3) is 5.91 Å². The normalized spacial score (nSPS) is 12.0. The van der Waals surface area contributed by atoms with E-state index >= 15 is 0 Å². The topological polar surface area (TPSA) is 84.7 Å². The van der Waals surface area contributed by atoms with Crippen LogP contribution in [0.25, 0.3) is 15.7 Å². The molecule has 8 heteroatoms. The minimum absolute atomic E-state index is 0.0780. The van der Waals surface area contributed by atoms with Crippen molar-refractivity contribution in [3.8, 4) is 5.75 Å². The first-order chi connectivity index (χ1) is 13.6. The highest BCUT2D eigenvalue weighted by atomic mass is 32.1. The smallest absolute Gasteiger partial charge is 0.279 e. The molecule has 4 aromatic rings. The van der Waals surface area contributed by atoms with Gasteiger partial charge in [-0.3, -0.25) is 24.8 Å². The summed E-state index contributed by atoms with van der Waals surface area (Å²) in [5.41, 5.74) is 5.43. The number of imidazole rings is 1. The maximum absolute atomic E-state index is 12.2. The molecule has 1 atom stereocenters. The summed E-state index contributed by atoms with van der Waals surface area (Å²) < 4.78 is 7.54. The number of carbonyl (C=O) groups is 2. The van der Waals surface area contributed by atoms with Crippen molar-refractivity contribution < 1.29 is 14.3 Å². The van der Waals surface area contributed by atoms with Gasteiger partial charge in [0.2, 0.25) is 5.91 Å². The van der Waals surface area contributed by atoms with Gasteiger partial charge in [0.05, 0.1) is 12.1 Å². The van der Waals surface area contributed by atoms with E-state index < -0.39 is 12.0 Å². The molecule has 2 aromatic heterocycles. The molecule has 0 aliphatic carbocycles. The van der Waals surface area contributed by atoms with Crippen molar-refractivity contribution in [3.63, 3.8) is 0 Å². The first kappa shape index (κ1) is 18.0. The van der Waals surface area contributed by atoms with Crippen molar-refractivity contribution >= 4 is 38.9 Å². The average molecular weight is 394 g/mol. The summed E-state index contributed by atoms with van der Waals surface area (Å²) in [7, 11) is 0. The molecule has 7 nitrogen and oxygen atoms in total. The Morgan fingerprint density at radius 2 is 2.00 bits per heavy atom. The maximum atomic E-state index is 12.2. The zero-order valence-electron chi connectivity index (χ0n) is 15.1. The van der Waals surface area contributed by atoms with Gasteiger partial charge in [0.1, 0.15) is 5.75 Å². The number of fused-ring (bicyclic) bond motifs is 2. The van der Waals surface area contributed by atoms with Crippen molar-refractivity contribution in [1.29, 1.82) is 0 Å². The SMILES string of the molecule is CC(Oc1ccc2ccccc2c1)C(=O)NNC(=O)Cc1cn2ccsc2n1. The summed E-state index contributed by atoms with van der Waals surface area (Å²) in [5, 5.41) is 4.04. The molecular formula is C20H18N4O3S. The number of nitrogens with zero attached hydrogens (tertiary/aromatic N) is 2.